The van der Waals surface area contributed by atoms with Crippen molar-refractivity contribution in [3.8, 4) is 0 Å². The van der Waals surface area contributed by atoms with Crippen LogP contribution in [-0.4, -0.2) is 23.6 Å². The van der Waals surface area contributed by atoms with Gasteiger partial charge in [-0.05, 0) is 13.8 Å². The minimum atomic E-state index is -3.51. The summed E-state index contributed by atoms with van der Waals surface area (Å²) >= 11 is 1.43. The standard InChI is InChI=1S/C9H12N4O2S2/c1-6-5-16-9(12-6)4-11-17(14,15)8-3-10-13-7(8)2/h3,5,11H,4H2,1-2H3,(H,10,13). The molecule has 2 N–H and O–H groups in total. The number of hydrogen-bond acceptors (Lipinski definition) is 5. The summed E-state index contributed by atoms with van der Waals surface area (Å²) in [5.74, 6) is 0. The van der Waals surface area contributed by atoms with Crippen molar-refractivity contribution in [2.45, 2.75) is 25.3 Å². The van der Waals surface area contributed by atoms with E-state index in [9.17, 15) is 8.42 Å². The number of H-pyrrole nitrogens is 1. The fraction of sp³-hybridized carbons (Fsp3) is 0.333. The third-order valence-electron chi connectivity index (χ3n) is 2.15. The fourth-order valence-electron chi connectivity index (χ4n) is 1.33. The van der Waals surface area contributed by atoms with E-state index in [0.717, 1.165) is 10.7 Å². The van der Waals surface area contributed by atoms with E-state index in [1.54, 1.807) is 6.92 Å². The van der Waals surface area contributed by atoms with Crippen LogP contribution in [-0.2, 0) is 16.6 Å². The second-order valence-electron chi connectivity index (χ2n) is 3.57. The zero-order valence-electron chi connectivity index (χ0n) is 9.39. The molecule has 0 radical (unpaired) electrons. The summed E-state index contributed by atoms with van der Waals surface area (Å²) in [4.78, 5) is 4.36. The molecule has 0 aliphatic rings. The van der Waals surface area contributed by atoms with Gasteiger partial charge in [-0.25, -0.2) is 18.1 Å². The quantitative estimate of drug-likeness (QED) is 0.867. The van der Waals surface area contributed by atoms with Gasteiger partial charge in [-0.3, -0.25) is 5.10 Å². The molecule has 0 fully saturated rings. The molecule has 0 aliphatic carbocycles. The number of thiazole rings is 1. The Balaban J connectivity index is 2.11. The molecule has 0 amide bonds. The molecule has 0 atom stereocenters. The van der Waals surface area contributed by atoms with E-state index in [-0.39, 0.29) is 11.4 Å². The maximum absolute atomic E-state index is 11.9. The van der Waals surface area contributed by atoms with Crippen LogP contribution >= 0.6 is 11.3 Å². The number of sulfonamides is 1. The van der Waals surface area contributed by atoms with Gasteiger partial charge >= 0.3 is 0 Å². The summed E-state index contributed by atoms with van der Waals surface area (Å²) in [6.45, 7) is 3.73. The van der Waals surface area contributed by atoms with Gasteiger partial charge in [-0.15, -0.1) is 11.3 Å². The molecule has 2 rings (SSSR count). The number of rotatable bonds is 4. The number of hydrogen-bond donors (Lipinski definition) is 2. The summed E-state index contributed by atoms with van der Waals surface area (Å²) in [6.07, 6.45) is 1.30. The van der Waals surface area contributed by atoms with Crippen LogP contribution in [0.5, 0.6) is 0 Å². The molecule has 0 saturated carbocycles. The molecule has 0 saturated heterocycles. The van der Waals surface area contributed by atoms with Crippen molar-refractivity contribution < 1.29 is 8.42 Å². The van der Waals surface area contributed by atoms with Crippen molar-refractivity contribution in [1.82, 2.24) is 19.9 Å². The molecule has 6 nitrogen and oxygen atoms in total. The summed E-state index contributed by atoms with van der Waals surface area (Å²) < 4.78 is 26.3. The van der Waals surface area contributed by atoms with E-state index in [2.05, 4.69) is 19.9 Å². The molecule has 0 aliphatic heterocycles. The molecular weight excluding hydrogens is 260 g/mol. The minimum Gasteiger partial charge on any atom is -0.281 e. The highest BCUT2D eigenvalue weighted by molar-refractivity contribution is 7.89. The Morgan fingerprint density at radius 1 is 1.47 bits per heavy atom. The molecule has 0 spiro atoms. The van der Waals surface area contributed by atoms with Crippen molar-refractivity contribution in [3.05, 3.63) is 28.0 Å². The zero-order chi connectivity index (χ0) is 12.5. The van der Waals surface area contributed by atoms with Crippen molar-refractivity contribution in [2.24, 2.45) is 0 Å². The molecule has 2 aromatic rings. The maximum atomic E-state index is 11.9. The van der Waals surface area contributed by atoms with E-state index in [1.807, 2.05) is 12.3 Å². The average molecular weight is 272 g/mol. The van der Waals surface area contributed by atoms with Crippen LogP contribution in [0.2, 0.25) is 0 Å². The van der Waals surface area contributed by atoms with Gasteiger partial charge < -0.3 is 0 Å². The van der Waals surface area contributed by atoms with Gasteiger partial charge in [0, 0.05) is 11.1 Å². The van der Waals surface area contributed by atoms with Crippen molar-refractivity contribution in [3.63, 3.8) is 0 Å². The summed E-state index contributed by atoms with van der Waals surface area (Å²) in [5.41, 5.74) is 1.41. The van der Waals surface area contributed by atoms with Gasteiger partial charge in [-0.1, -0.05) is 0 Å². The topological polar surface area (TPSA) is 87.7 Å². The van der Waals surface area contributed by atoms with E-state index in [0.29, 0.717) is 5.69 Å². The molecule has 2 aromatic heterocycles. The van der Waals surface area contributed by atoms with E-state index < -0.39 is 10.0 Å². The molecule has 8 heteroatoms. The minimum absolute atomic E-state index is 0.172. The monoisotopic (exact) mass is 272 g/mol. The smallest absolute Gasteiger partial charge is 0.244 e. The maximum Gasteiger partial charge on any atom is 0.244 e. The number of nitrogens with one attached hydrogen (secondary N) is 2. The van der Waals surface area contributed by atoms with Crippen LogP contribution in [0.1, 0.15) is 16.4 Å². The first-order valence-electron chi connectivity index (χ1n) is 4.89. The highest BCUT2D eigenvalue weighted by Gasteiger charge is 2.18. The van der Waals surface area contributed by atoms with Gasteiger partial charge in [0.2, 0.25) is 10.0 Å². The van der Waals surface area contributed by atoms with Crippen LogP contribution in [0.25, 0.3) is 0 Å². The van der Waals surface area contributed by atoms with Crippen LogP contribution in [0, 0.1) is 13.8 Å². The normalized spacial score (nSPS) is 11.9. The van der Waals surface area contributed by atoms with Crippen LogP contribution in [0.4, 0.5) is 0 Å². The van der Waals surface area contributed by atoms with Gasteiger partial charge in [-0.2, -0.15) is 5.10 Å². The van der Waals surface area contributed by atoms with E-state index >= 15 is 0 Å². The SMILES string of the molecule is Cc1csc(CNS(=O)(=O)c2cn[nH]c2C)n1. The largest absolute Gasteiger partial charge is 0.281 e. The number of aromatic amines is 1. The Labute approximate surface area is 103 Å². The van der Waals surface area contributed by atoms with Crippen LogP contribution in [0.15, 0.2) is 16.5 Å². The second kappa shape index (κ2) is 4.55. The lowest BCUT2D eigenvalue weighted by Gasteiger charge is -2.03. The van der Waals surface area contributed by atoms with E-state index in [1.165, 1.54) is 17.5 Å². The Morgan fingerprint density at radius 2 is 2.24 bits per heavy atom. The number of nitrogens with zero attached hydrogens (tertiary/aromatic N) is 2. The summed E-state index contributed by atoms with van der Waals surface area (Å²) in [5, 5.41) is 8.91. The zero-order valence-corrected chi connectivity index (χ0v) is 11.0. The third kappa shape index (κ3) is 2.71. The molecular formula is C9H12N4O2S2. The number of aromatic nitrogens is 3. The van der Waals surface area contributed by atoms with Crippen LogP contribution < -0.4 is 4.72 Å². The first kappa shape index (κ1) is 12.2. The average Bonchev–Trinajstić information content (AvgIpc) is 2.85. The Kier molecular flexibility index (Phi) is 3.27. The van der Waals surface area contributed by atoms with Crippen molar-refractivity contribution in [1.29, 1.82) is 0 Å². The molecule has 2 heterocycles. The molecule has 0 unspecified atom stereocenters. The molecule has 0 aromatic carbocycles. The Bertz CT molecular complexity index is 614. The Morgan fingerprint density at radius 3 is 2.76 bits per heavy atom. The predicted molar refractivity (Wildman–Crippen MR) is 64.2 cm³/mol. The van der Waals surface area contributed by atoms with Gasteiger partial charge in [0.25, 0.3) is 0 Å². The first-order valence-corrected chi connectivity index (χ1v) is 7.26. The Hall–Kier alpha value is -1.25. The molecule has 17 heavy (non-hydrogen) atoms. The van der Waals surface area contributed by atoms with Gasteiger partial charge in [0.1, 0.15) is 9.90 Å². The lowest BCUT2D eigenvalue weighted by atomic mass is 10.5. The van der Waals surface area contributed by atoms with E-state index in [4.69, 9.17) is 0 Å². The third-order valence-corrected chi connectivity index (χ3v) is 4.63. The highest BCUT2D eigenvalue weighted by Crippen LogP contribution is 2.13. The predicted octanol–water partition coefficient (Wildman–Crippen LogP) is 0.962. The highest BCUT2D eigenvalue weighted by atomic mass is 32.2. The first-order chi connectivity index (χ1) is 7.99. The lowest BCUT2D eigenvalue weighted by molar-refractivity contribution is 0.580. The summed E-state index contributed by atoms with van der Waals surface area (Å²) in [6, 6.07) is 0. The van der Waals surface area contributed by atoms with Crippen molar-refractivity contribution in [2.75, 3.05) is 0 Å². The van der Waals surface area contributed by atoms with Gasteiger partial charge in [0.15, 0.2) is 0 Å². The van der Waals surface area contributed by atoms with Gasteiger partial charge in [0.05, 0.1) is 18.4 Å². The summed E-state index contributed by atoms with van der Waals surface area (Å²) in [7, 11) is -3.51. The van der Waals surface area contributed by atoms with Crippen molar-refractivity contribution >= 4 is 21.4 Å². The fourth-order valence-corrected chi connectivity index (χ4v) is 3.25. The lowest BCUT2D eigenvalue weighted by Crippen LogP contribution is -2.23. The number of aryl methyl sites for hydroxylation is 2. The molecule has 0 bridgehead atoms. The van der Waals surface area contributed by atoms with Crippen LogP contribution in [0.3, 0.4) is 0 Å². The molecule has 92 valence electrons. The second-order valence-corrected chi connectivity index (χ2v) is 6.24.